The predicted octanol–water partition coefficient (Wildman–Crippen LogP) is 9.88. The molecule has 0 bridgehead atoms. The summed E-state index contributed by atoms with van der Waals surface area (Å²) >= 11 is 19.0. The van der Waals surface area contributed by atoms with Gasteiger partial charge in [0.05, 0.1) is 33.8 Å². The smallest absolute Gasteiger partial charge is 0.394 e. The fraction of sp³-hybridized carbons (Fsp3) is 0.362. The van der Waals surface area contributed by atoms with Gasteiger partial charge >= 0.3 is 11.9 Å². The van der Waals surface area contributed by atoms with Gasteiger partial charge in [0.2, 0.25) is 17.7 Å². The standard InChI is InChI=1S/C24H27ClN8O2.C16H17Cl2N7.C7H10N2O3/c1-13(9-18(34)21-31-22(32-35-21)24(3,4)5)16-7-8-17(19(25)14(16)2)20-26-12-27-23(30-20)29-15-10-28-33(6)11-15;1-9-12(10(2)24-18)4-5-13(14(9)17)15-19-8-20-16(23-15)22-11-6-21-25(3)7-11;1-7(2,3)6-8-4(5(10)11)12-9-6/h7-8,10-13H,9H2,1-6H3,(H,26,27,29,30);4-8,10,24H,1-3H3,(H,19,20,22,23);1-3H3,(H,10,11)/t13-;10-;/m01./s1. The van der Waals surface area contributed by atoms with Crippen LogP contribution in [-0.4, -0.2) is 86.6 Å². The molecule has 0 fully saturated rings. The second-order valence-corrected chi connectivity index (χ2v) is 19.6. The minimum atomic E-state index is -1.20. The van der Waals surface area contributed by atoms with Crippen molar-refractivity contribution < 1.29 is 23.7 Å². The van der Waals surface area contributed by atoms with Gasteiger partial charge in [0.25, 0.3) is 5.89 Å². The number of anilines is 4. The number of halogens is 3. The molecule has 0 radical (unpaired) electrons. The molecular formula is C47H54Cl3N17O5. The Kier molecular flexibility index (Phi) is 17.2. The van der Waals surface area contributed by atoms with Crippen LogP contribution in [0, 0.1) is 13.8 Å². The number of nitrogens with zero attached hydrogens (tertiary/aromatic N) is 14. The molecule has 72 heavy (non-hydrogen) atoms. The van der Waals surface area contributed by atoms with Gasteiger partial charge in [-0.15, -0.1) is 0 Å². The number of benzene rings is 2. The van der Waals surface area contributed by atoms with Crippen molar-refractivity contribution in [2.75, 3.05) is 10.6 Å². The normalized spacial score (nSPS) is 12.3. The molecule has 0 saturated carbocycles. The van der Waals surface area contributed by atoms with Gasteiger partial charge in [-0.25, -0.2) is 29.6 Å². The third-order valence-electron chi connectivity index (χ3n) is 10.7. The zero-order valence-electron chi connectivity index (χ0n) is 41.6. The van der Waals surface area contributed by atoms with E-state index in [9.17, 15) is 9.59 Å². The Morgan fingerprint density at radius 1 is 0.681 bits per heavy atom. The summed E-state index contributed by atoms with van der Waals surface area (Å²) in [5, 5.41) is 31.5. The molecule has 378 valence electrons. The summed E-state index contributed by atoms with van der Waals surface area (Å²) in [6.07, 6.45) is 10.1. The Morgan fingerprint density at radius 3 is 1.53 bits per heavy atom. The minimum Gasteiger partial charge on any atom is -0.474 e. The highest BCUT2D eigenvalue weighted by molar-refractivity contribution is 6.34. The number of carboxylic acids is 1. The Labute approximate surface area is 429 Å². The summed E-state index contributed by atoms with van der Waals surface area (Å²) in [5.41, 5.74) is 6.14. The molecule has 2 aromatic carbocycles. The van der Waals surface area contributed by atoms with Crippen molar-refractivity contribution in [2.45, 2.75) is 98.4 Å². The first kappa shape index (κ1) is 54.1. The molecule has 6 heterocycles. The molecular weight excluding hydrogens is 989 g/mol. The Balaban J connectivity index is 0.000000198. The highest BCUT2D eigenvalue weighted by atomic mass is 35.5. The van der Waals surface area contributed by atoms with Crippen LogP contribution in [0.5, 0.6) is 0 Å². The van der Waals surface area contributed by atoms with E-state index < -0.39 is 5.97 Å². The second-order valence-electron chi connectivity index (χ2n) is 18.6. The number of hydrogen-bond donors (Lipinski definition) is 4. The summed E-state index contributed by atoms with van der Waals surface area (Å²) in [6, 6.07) is 7.64. The number of hydrogen-bond acceptors (Lipinski definition) is 19. The molecule has 8 aromatic rings. The van der Waals surface area contributed by atoms with Gasteiger partial charge in [0.1, 0.15) is 12.7 Å². The highest BCUT2D eigenvalue weighted by Crippen LogP contribution is 2.36. The van der Waals surface area contributed by atoms with E-state index in [1.807, 2.05) is 120 Å². The number of carbonyl (C=O) groups excluding carboxylic acids is 1. The van der Waals surface area contributed by atoms with Gasteiger partial charge < -0.3 is 24.8 Å². The molecule has 8 rings (SSSR count). The average Bonchev–Trinajstić information content (AvgIpc) is 4.17. The molecule has 0 spiro atoms. The van der Waals surface area contributed by atoms with E-state index in [1.165, 1.54) is 12.7 Å². The molecule has 0 aliphatic heterocycles. The Hall–Kier alpha value is -7.27. The fourth-order valence-corrected chi connectivity index (χ4v) is 7.37. The Morgan fingerprint density at radius 2 is 1.12 bits per heavy atom. The van der Waals surface area contributed by atoms with Crippen molar-refractivity contribution in [3.8, 4) is 22.8 Å². The lowest BCUT2D eigenvalue weighted by Crippen LogP contribution is -2.14. The van der Waals surface area contributed by atoms with Crippen molar-refractivity contribution in [3.05, 3.63) is 117 Å². The third kappa shape index (κ3) is 13.6. The number of aromatic nitrogens is 14. The number of nitrogens with one attached hydrogen (secondary N) is 3. The zero-order valence-corrected chi connectivity index (χ0v) is 43.9. The summed E-state index contributed by atoms with van der Waals surface area (Å²) in [7, 11) is 3.67. The topological polar surface area (TPSA) is 281 Å². The third-order valence-corrected chi connectivity index (χ3v) is 12.0. The van der Waals surface area contributed by atoms with Crippen LogP contribution in [0.2, 0.25) is 10.0 Å². The van der Waals surface area contributed by atoms with Crippen LogP contribution in [-0.2, 0) is 24.9 Å². The maximum Gasteiger partial charge on any atom is 0.394 e. The molecule has 0 amide bonds. The summed E-state index contributed by atoms with van der Waals surface area (Å²) in [4.78, 5) is 59.6. The Bertz CT molecular complexity index is 3170. The van der Waals surface area contributed by atoms with E-state index in [0.717, 1.165) is 39.2 Å². The van der Waals surface area contributed by atoms with Crippen LogP contribution in [0.15, 0.2) is 70.8 Å². The first-order chi connectivity index (χ1) is 33.9. The lowest BCUT2D eigenvalue weighted by molar-refractivity contribution is 0.0643. The van der Waals surface area contributed by atoms with Crippen LogP contribution in [0.4, 0.5) is 23.3 Å². The maximum absolute atomic E-state index is 12.8. The van der Waals surface area contributed by atoms with Crippen LogP contribution < -0.4 is 15.5 Å². The van der Waals surface area contributed by atoms with E-state index in [-0.39, 0.29) is 46.8 Å². The maximum atomic E-state index is 12.8. The fourth-order valence-electron chi connectivity index (χ4n) is 6.74. The van der Waals surface area contributed by atoms with Gasteiger partial charge in [-0.1, -0.05) is 94.1 Å². The van der Waals surface area contributed by atoms with Gasteiger partial charge in [0.15, 0.2) is 23.3 Å². The van der Waals surface area contributed by atoms with Crippen molar-refractivity contribution in [2.24, 2.45) is 14.1 Å². The summed E-state index contributed by atoms with van der Waals surface area (Å²) < 4.78 is 13.1. The SMILES string of the molecule is CC(C)(C)c1noc(C(=O)O)n1.Cc1c([C@@H](C)CC(=O)c2nc(C(C)(C)C)no2)ccc(-c2ncnc(Nc3cnn(C)c3)n2)c1Cl.Cc1c([C@@H](C)NCl)ccc(-c2ncnc(Nc3cnn(C)c3)n2)c1Cl. The van der Waals surface area contributed by atoms with E-state index >= 15 is 0 Å². The quantitative estimate of drug-likeness (QED) is 0.0617. The minimum absolute atomic E-state index is 0.0191. The monoisotopic (exact) mass is 1040 g/mol. The average molecular weight is 1040 g/mol. The first-order valence-corrected chi connectivity index (χ1v) is 23.4. The van der Waals surface area contributed by atoms with Crippen molar-refractivity contribution in [1.29, 1.82) is 0 Å². The van der Waals surface area contributed by atoms with E-state index in [1.54, 1.807) is 21.8 Å². The first-order valence-electron chi connectivity index (χ1n) is 22.2. The number of carbonyl (C=O) groups is 2. The number of aromatic carboxylic acids is 1. The summed E-state index contributed by atoms with van der Waals surface area (Å²) in [6.45, 7) is 19.3. The molecule has 4 N–H and O–H groups in total. The van der Waals surface area contributed by atoms with Crippen molar-refractivity contribution in [1.82, 2.24) is 74.6 Å². The summed E-state index contributed by atoms with van der Waals surface area (Å²) in [5.74, 6) is 0.804. The number of rotatable bonds is 13. The van der Waals surface area contributed by atoms with Gasteiger partial charge in [-0.05, 0) is 72.9 Å². The molecule has 0 saturated heterocycles. The van der Waals surface area contributed by atoms with Gasteiger partial charge in [0, 0.05) is 60.9 Å². The largest absolute Gasteiger partial charge is 0.474 e. The molecule has 25 heteroatoms. The molecule has 0 unspecified atom stereocenters. The van der Waals surface area contributed by atoms with Crippen LogP contribution in [0.1, 0.15) is 129 Å². The zero-order chi connectivity index (χ0) is 52.7. The van der Waals surface area contributed by atoms with Crippen LogP contribution >= 0.6 is 35.0 Å². The van der Waals surface area contributed by atoms with Crippen molar-refractivity contribution >= 4 is 70.0 Å². The van der Waals surface area contributed by atoms with Crippen LogP contribution in [0.3, 0.4) is 0 Å². The number of carboxylic acid groups (broad SMARTS) is 1. The van der Waals surface area contributed by atoms with E-state index in [2.05, 4.69) is 80.4 Å². The highest BCUT2D eigenvalue weighted by Gasteiger charge is 2.27. The van der Waals surface area contributed by atoms with E-state index in [4.69, 9.17) is 44.6 Å². The lowest BCUT2D eigenvalue weighted by Gasteiger charge is -2.16. The molecule has 0 aliphatic rings. The molecule has 2 atom stereocenters. The van der Waals surface area contributed by atoms with Crippen molar-refractivity contribution in [3.63, 3.8) is 0 Å². The van der Waals surface area contributed by atoms with Gasteiger partial charge in [-0.3, -0.25) is 14.2 Å². The second kappa shape index (κ2) is 22.9. The molecule has 22 nitrogen and oxygen atoms in total. The number of ketones is 1. The number of aryl methyl sites for hydroxylation is 2. The molecule has 0 aliphatic carbocycles. The molecule has 6 aromatic heterocycles. The van der Waals surface area contributed by atoms with Crippen LogP contribution in [0.25, 0.3) is 22.8 Å². The lowest BCUT2D eigenvalue weighted by atomic mass is 9.90. The van der Waals surface area contributed by atoms with Gasteiger partial charge in [-0.2, -0.15) is 30.1 Å². The van der Waals surface area contributed by atoms with E-state index in [0.29, 0.717) is 50.8 Å². The number of Topliss-reactive ketones (excluding diaryl/α,β-unsaturated/α-hetero) is 1. The predicted molar refractivity (Wildman–Crippen MR) is 271 cm³/mol.